The molecule has 0 aromatic carbocycles. The third-order valence-corrected chi connectivity index (χ3v) is 2.85. The quantitative estimate of drug-likeness (QED) is 0.758. The predicted octanol–water partition coefficient (Wildman–Crippen LogP) is 0.288. The topological polar surface area (TPSA) is 67.1 Å². The zero-order valence-corrected chi connectivity index (χ0v) is 8.93. The molecule has 0 atom stereocenters. The fourth-order valence-corrected chi connectivity index (χ4v) is 1.98. The van der Waals surface area contributed by atoms with Gasteiger partial charge in [-0.25, -0.2) is 0 Å². The highest BCUT2D eigenvalue weighted by Gasteiger charge is 2.13. The van der Waals surface area contributed by atoms with E-state index in [1.807, 2.05) is 12.1 Å². The Hall–Kier alpha value is -1.69. The van der Waals surface area contributed by atoms with E-state index >= 15 is 0 Å². The molecule has 6 heteroatoms. The van der Waals surface area contributed by atoms with E-state index < -0.39 is 0 Å². The first-order valence-corrected chi connectivity index (χ1v) is 5.56. The third-order valence-electron chi connectivity index (χ3n) is 2.85. The number of piperidine rings is 1. The van der Waals surface area contributed by atoms with Crippen LogP contribution in [0, 0.1) is 0 Å². The number of fused-ring (bicyclic) bond motifs is 1. The van der Waals surface area contributed by atoms with Crippen molar-refractivity contribution in [3.8, 4) is 0 Å². The van der Waals surface area contributed by atoms with Crippen LogP contribution in [0.15, 0.2) is 18.5 Å². The summed E-state index contributed by atoms with van der Waals surface area (Å²) in [5, 5.41) is 18.9. The number of anilines is 1. The molecule has 0 unspecified atom stereocenters. The van der Waals surface area contributed by atoms with Gasteiger partial charge in [0.15, 0.2) is 5.65 Å². The van der Waals surface area contributed by atoms with Gasteiger partial charge in [-0.05, 0) is 38.1 Å². The van der Waals surface area contributed by atoms with Crippen LogP contribution in [0.25, 0.3) is 5.65 Å². The van der Waals surface area contributed by atoms with Crippen molar-refractivity contribution in [3.63, 3.8) is 0 Å². The van der Waals surface area contributed by atoms with Gasteiger partial charge in [-0.15, -0.1) is 15.3 Å². The minimum Gasteiger partial charge on any atom is -0.366 e. The van der Waals surface area contributed by atoms with E-state index in [2.05, 4.69) is 25.9 Å². The Morgan fingerprint density at radius 3 is 3.06 bits per heavy atom. The minimum atomic E-state index is 0.516. The Bertz CT molecular complexity index is 473. The van der Waals surface area contributed by atoms with Gasteiger partial charge >= 0.3 is 0 Å². The Morgan fingerprint density at radius 1 is 1.31 bits per heavy atom. The third kappa shape index (κ3) is 1.83. The van der Waals surface area contributed by atoms with Crippen molar-refractivity contribution in [1.82, 2.24) is 25.1 Å². The van der Waals surface area contributed by atoms with Crippen LogP contribution in [0.1, 0.15) is 12.8 Å². The van der Waals surface area contributed by atoms with Gasteiger partial charge in [0.2, 0.25) is 0 Å². The van der Waals surface area contributed by atoms with E-state index in [9.17, 15) is 0 Å². The van der Waals surface area contributed by atoms with Gasteiger partial charge in [-0.1, -0.05) is 0 Å². The molecular formula is C10H14N6. The Kier molecular flexibility index (Phi) is 2.41. The molecule has 0 bridgehead atoms. The molecule has 0 amide bonds. The molecule has 2 N–H and O–H groups in total. The van der Waals surface area contributed by atoms with Crippen LogP contribution in [0.4, 0.5) is 5.82 Å². The first-order chi connectivity index (χ1) is 7.92. The number of nitrogens with one attached hydrogen (secondary N) is 2. The monoisotopic (exact) mass is 218 g/mol. The summed E-state index contributed by atoms with van der Waals surface area (Å²) >= 11 is 0. The highest BCUT2D eigenvalue weighted by atomic mass is 15.4. The van der Waals surface area contributed by atoms with E-state index in [0.717, 1.165) is 37.4 Å². The van der Waals surface area contributed by atoms with E-state index in [0.29, 0.717) is 6.04 Å². The SMILES string of the molecule is c1cc2nncn2nc1NC1CCNCC1. The number of nitrogens with zero attached hydrogens (tertiary/aromatic N) is 4. The minimum absolute atomic E-state index is 0.516. The maximum absolute atomic E-state index is 4.39. The summed E-state index contributed by atoms with van der Waals surface area (Å²) in [7, 11) is 0. The van der Waals surface area contributed by atoms with E-state index in [-0.39, 0.29) is 0 Å². The molecule has 1 aliphatic heterocycles. The first kappa shape index (κ1) is 9.53. The standard InChI is InChI=1S/C10H14N6/c1-2-10-14-12-7-16(10)15-9(1)13-8-3-5-11-6-4-8/h1-2,7-8,11H,3-6H2,(H,13,15). The van der Waals surface area contributed by atoms with Crippen molar-refractivity contribution in [3.05, 3.63) is 18.5 Å². The summed E-state index contributed by atoms with van der Waals surface area (Å²) in [4.78, 5) is 0. The van der Waals surface area contributed by atoms with E-state index in [4.69, 9.17) is 0 Å². The number of rotatable bonds is 2. The molecule has 2 aromatic rings. The second-order valence-corrected chi connectivity index (χ2v) is 4.02. The number of aromatic nitrogens is 4. The summed E-state index contributed by atoms with van der Waals surface area (Å²) in [5.74, 6) is 0.888. The Balaban J connectivity index is 1.77. The molecule has 1 aliphatic rings. The second-order valence-electron chi connectivity index (χ2n) is 4.02. The van der Waals surface area contributed by atoms with E-state index in [1.165, 1.54) is 0 Å². The van der Waals surface area contributed by atoms with E-state index in [1.54, 1.807) is 10.8 Å². The van der Waals surface area contributed by atoms with Gasteiger partial charge in [-0.3, -0.25) is 0 Å². The summed E-state index contributed by atoms with van der Waals surface area (Å²) in [6.07, 6.45) is 3.90. The highest BCUT2D eigenvalue weighted by Crippen LogP contribution is 2.11. The van der Waals surface area contributed by atoms with Crippen LogP contribution >= 0.6 is 0 Å². The molecule has 0 saturated carbocycles. The molecular weight excluding hydrogens is 204 g/mol. The lowest BCUT2D eigenvalue weighted by molar-refractivity contribution is 0.477. The number of hydrogen-bond acceptors (Lipinski definition) is 5. The Morgan fingerprint density at radius 2 is 2.19 bits per heavy atom. The van der Waals surface area contributed by atoms with Gasteiger partial charge in [-0.2, -0.15) is 4.52 Å². The summed E-state index contributed by atoms with van der Waals surface area (Å²) in [6.45, 7) is 2.15. The van der Waals surface area contributed by atoms with Crippen molar-refractivity contribution >= 4 is 11.5 Å². The molecule has 0 spiro atoms. The molecule has 1 fully saturated rings. The van der Waals surface area contributed by atoms with Gasteiger partial charge in [0.05, 0.1) is 0 Å². The zero-order valence-electron chi connectivity index (χ0n) is 8.93. The fraction of sp³-hybridized carbons (Fsp3) is 0.500. The average Bonchev–Trinajstić information content (AvgIpc) is 2.77. The van der Waals surface area contributed by atoms with Crippen molar-refractivity contribution in [2.75, 3.05) is 18.4 Å². The summed E-state index contributed by atoms with van der Waals surface area (Å²) in [5.41, 5.74) is 0.774. The average molecular weight is 218 g/mol. The van der Waals surface area contributed by atoms with Crippen LogP contribution in [0.5, 0.6) is 0 Å². The molecule has 1 saturated heterocycles. The van der Waals surface area contributed by atoms with Crippen LogP contribution in [0.3, 0.4) is 0 Å². The molecule has 3 rings (SSSR count). The lowest BCUT2D eigenvalue weighted by atomic mass is 10.1. The molecule has 16 heavy (non-hydrogen) atoms. The molecule has 6 nitrogen and oxygen atoms in total. The second kappa shape index (κ2) is 4.05. The highest BCUT2D eigenvalue weighted by molar-refractivity contribution is 5.43. The van der Waals surface area contributed by atoms with Crippen molar-refractivity contribution in [1.29, 1.82) is 0 Å². The fourth-order valence-electron chi connectivity index (χ4n) is 1.98. The lowest BCUT2D eigenvalue weighted by Crippen LogP contribution is -2.35. The van der Waals surface area contributed by atoms with Crippen LogP contribution < -0.4 is 10.6 Å². The van der Waals surface area contributed by atoms with Crippen LogP contribution in [0.2, 0.25) is 0 Å². The Labute approximate surface area is 93.1 Å². The molecule has 0 aliphatic carbocycles. The largest absolute Gasteiger partial charge is 0.366 e. The van der Waals surface area contributed by atoms with Crippen LogP contribution in [-0.4, -0.2) is 38.9 Å². The molecule has 2 aromatic heterocycles. The maximum atomic E-state index is 4.39. The van der Waals surface area contributed by atoms with Gasteiger partial charge in [0.1, 0.15) is 12.1 Å². The normalized spacial score (nSPS) is 17.8. The van der Waals surface area contributed by atoms with Crippen LogP contribution in [-0.2, 0) is 0 Å². The van der Waals surface area contributed by atoms with Gasteiger partial charge < -0.3 is 10.6 Å². The lowest BCUT2D eigenvalue weighted by Gasteiger charge is -2.23. The van der Waals surface area contributed by atoms with Crippen molar-refractivity contribution in [2.45, 2.75) is 18.9 Å². The zero-order chi connectivity index (χ0) is 10.8. The summed E-state index contributed by atoms with van der Waals surface area (Å²) < 4.78 is 1.68. The smallest absolute Gasteiger partial charge is 0.177 e. The first-order valence-electron chi connectivity index (χ1n) is 5.56. The van der Waals surface area contributed by atoms with Crippen molar-refractivity contribution in [2.24, 2.45) is 0 Å². The molecule has 0 radical (unpaired) electrons. The van der Waals surface area contributed by atoms with Gasteiger partial charge in [0.25, 0.3) is 0 Å². The molecule has 84 valence electrons. The van der Waals surface area contributed by atoms with Crippen molar-refractivity contribution < 1.29 is 0 Å². The summed E-state index contributed by atoms with van der Waals surface area (Å²) in [6, 6.07) is 4.39. The maximum Gasteiger partial charge on any atom is 0.177 e. The predicted molar refractivity (Wildman–Crippen MR) is 60.3 cm³/mol. The van der Waals surface area contributed by atoms with Gasteiger partial charge in [0, 0.05) is 6.04 Å². The molecule has 3 heterocycles. The number of hydrogen-bond donors (Lipinski definition) is 2.